The molecule has 116 valence electrons. The lowest BCUT2D eigenvalue weighted by Crippen LogP contribution is -2.44. The minimum atomic E-state index is -0.0620. The molecule has 0 aliphatic carbocycles. The van der Waals surface area contributed by atoms with Crippen molar-refractivity contribution >= 4 is 29.9 Å². The molecule has 1 aliphatic rings. The van der Waals surface area contributed by atoms with Crippen LogP contribution in [-0.2, 0) is 9.59 Å². The van der Waals surface area contributed by atoms with Gasteiger partial charge in [0.2, 0.25) is 11.8 Å². The summed E-state index contributed by atoms with van der Waals surface area (Å²) in [4.78, 5) is 25.1. The minimum absolute atomic E-state index is 0. The summed E-state index contributed by atoms with van der Waals surface area (Å²) in [6.07, 6.45) is 1.56. The molecule has 0 radical (unpaired) electrons. The van der Waals surface area contributed by atoms with Crippen molar-refractivity contribution in [3.8, 4) is 0 Å². The number of amides is 2. The van der Waals surface area contributed by atoms with Gasteiger partial charge in [0, 0.05) is 31.2 Å². The Morgan fingerprint density at radius 2 is 2.05 bits per heavy atom. The van der Waals surface area contributed by atoms with Gasteiger partial charge < -0.3 is 15.5 Å². The number of hydrogen-bond donors (Lipinski definition) is 2. The van der Waals surface area contributed by atoms with Crippen molar-refractivity contribution in [2.45, 2.75) is 25.8 Å². The van der Waals surface area contributed by atoms with E-state index < -0.39 is 0 Å². The van der Waals surface area contributed by atoms with Crippen molar-refractivity contribution in [1.82, 2.24) is 10.2 Å². The zero-order valence-electron chi connectivity index (χ0n) is 12.2. The number of carbonyl (C=O) groups excluding carboxylic acids is 2. The number of benzene rings is 1. The third kappa shape index (κ3) is 5.63. The minimum Gasteiger partial charge on any atom is -0.376 e. The summed E-state index contributed by atoms with van der Waals surface area (Å²) in [5, 5.41) is 5.96. The van der Waals surface area contributed by atoms with Crippen LogP contribution in [0.15, 0.2) is 30.3 Å². The second-order valence-corrected chi connectivity index (χ2v) is 5.13. The number of nitrogens with one attached hydrogen (secondary N) is 2. The van der Waals surface area contributed by atoms with Crippen molar-refractivity contribution in [3.63, 3.8) is 0 Å². The second kappa shape index (κ2) is 8.52. The Kier molecular flexibility index (Phi) is 7.02. The summed E-state index contributed by atoms with van der Waals surface area (Å²) in [5.74, 6) is 0.126. The highest BCUT2D eigenvalue weighted by Crippen LogP contribution is 2.09. The van der Waals surface area contributed by atoms with Crippen molar-refractivity contribution in [2.24, 2.45) is 0 Å². The van der Waals surface area contributed by atoms with Crippen LogP contribution in [0.2, 0.25) is 0 Å². The van der Waals surface area contributed by atoms with Gasteiger partial charge in [0.25, 0.3) is 0 Å². The van der Waals surface area contributed by atoms with E-state index in [1.165, 1.54) is 0 Å². The molecule has 1 aliphatic heterocycles. The largest absolute Gasteiger partial charge is 0.376 e. The number of rotatable bonds is 6. The van der Waals surface area contributed by atoms with E-state index in [4.69, 9.17) is 0 Å². The van der Waals surface area contributed by atoms with Gasteiger partial charge >= 0.3 is 0 Å². The molecule has 0 bridgehead atoms. The molecule has 0 spiro atoms. The van der Waals surface area contributed by atoms with Crippen molar-refractivity contribution in [3.05, 3.63) is 30.3 Å². The van der Waals surface area contributed by atoms with Crippen LogP contribution >= 0.6 is 12.4 Å². The van der Waals surface area contributed by atoms with E-state index in [-0.39, 0.29) is 36.8 Å². The van der Waals surface area contributed by atoms with Gasteiger partial charge in [0.05, 0.1) is 6.54 Å². The first kappa shape index (κ1) is 17.3. The maximum Gasteiger partial charge on any atom is 0.239 e. The van der Waals surface area contributed by atoms with Crippen LogP contribution in [0.4, 0.5) is 5.69 Å². The predicted octanol–water partition coefficient (Wildman–Crippen LogP) is 1.65. The number of hydrogen-bond acceptors (Lipinski definition) is 3. The molecule has 1 unspecified atom stereocenters. The van der Waals surface area contributed by atoms with Crippen LogP contribution in [-0.4, -0.2) is 42.4 Å². The fourth-order valence-electron chi connectivity index (χ4n) is 2.34. The zero-order valence-corrected chi connectivity index (χ0v) is 13.0. The topological polar surface area (TPSA) is 61.4 Å². The lowest BCUT2D eigenvalue weighted by Gasteiger charge is -2.21. The lowest BCUT2D eigenvalue weighted by atomic mass is 10.3. The van der Waals surface area contributed by atoms with E-state index in [2.05, 4.69) is 10.6 Å². The van der Waals surface area contributed by atoms with Gasteiger partial charge in [-0.25, -0.2) is 0 Å². The fourth-order valence-corrected chi connectivity index (χ4v) is 2.34. The average molecular weight is 312 g/mol. The van der Waals surface area contributed by atoms with Crippen LogP contribution in [0.3, 0.4) is 0 Å². The highest BCUT2D eigenvalue weighted by molar-refractivity contribution is 5.85. The van der Waals surface area contributed by atoms with Gasteiger partial charge in [0.1, 0.15) is 0 Å². The first-order chi connectivity index (χ1) is 9.65. The number of halogens is 1. The van der Waals surface area contributed by atoms with Gasteiger partial charge in [-0.3, -0.25) is 9.59 Å². The first-order valence-corrected chi connectivity index (χ1v) is 7.01. The summed E-state index contributed by atoms with van der Waals surface area (Å²) in [5.41, 5.74) is 0.921. The number of carbonyl (C=O) groups is 2. The average Bonchev–Trinajstić information content (AvgIpc) is 2.83. The summed E-state index contributed by atoms with van der Waals surface area (Å²) < 4.78 is 0. The maximum absolute atomic E-state index is 11.8. The Balaban J connectivity index is 0.00000220. The summed E-state index contributed by atoms with van der Waals surface area (Å²) in [6, 6.07) is 9.57. The van der Waals surface area contributed by atoms with E-state index in [1.54, 1.807) is 0 Å². The molecule has 2 rings (SSSR count). The molecule has 1 aromatic rings. The third-order valence-corrected chi connectivity index (χ3v) is 3.30. The van der Waals surface area contributed by atoms with Crippen molar-refractivity contribution in [2.75, 3.05) is 25.0 Å². The van der Waals surface area contributed by atoms with Gasteiger partial charge in [-0.15, -0.1) is 12.4 Å². The predicted molar refractivity (Wildman–Crippen MR) is 85.6 cm³/mol. The molecule has 2 amide bonds. The molecule has 2 N–H and O–H groups in total. The summed E-state index contributed by atoms with van der Waals surface area (Å²) >= 11 is 0. The molecule has 1 atom stereocenters. The van der Waals surface area contributed by atoms with Gasteiger partial charge in [0.15, 0.2) is 0 Å². The number of anilines is 1. The standard InChI is InChI=1S/C15H21N3O2.ClH/c1-12(11-18-9-5-8-15(18)20)17-14(19)10-16-13-6-3-2-4-7-13;/h2-4,6-7,12,16H,5,8-11H2,1H3,(H,17,19);1H. The second-order valence-electron chi connectivity index (χ2n) is 5.13. The van der Waals surface area contributed by atoms with E-state index in [0.29, 0.717) is 13.0 Å². The Morgan fingerprint density at radius 3 is 2.67 bits per heavy atom. The van der Waals surface area contributed by atoms with Crippen LogP contribution in [0, 0.1) is 0 Å². The Morgan fingerprint density at radius 1 is 1.33 bits per heavy atom. The van der Waals surface area contributed by atoms with Gasteiger partial charge in [-0.1, -0.05) is 18.2 Å². The van der Waals surface area contributed by atoms with Crippen molar-refractivity contribution in [1.29, 1.82) is 0 Å². The Bertz CT molecular complexity index is 467. The van der Waals surface area contributed by atoms with Crippen molar-refractivity contribution < 1.29 is 9.59 Å². The molecule has 21 heavy (non-hydrogen) atoms. The SMILES string of the molecule is CC(CN1CCCC1=O)NC(=O)CNc1ccccc1.Cl. The van der Waals surface area contributed by atoms with Crippen LogP contribution in [0.25, 0.3) is 0 Å². The summed E-state index contributed by atoms with van der Waals surface area (Å²) in [7, 11) is 0. The lowest BCUT2D eigenvalue weighted by molar-refractivity contribution is -0.128. The number of nitrogens with zero attached hydrogens (tertiary/aromatic N) is 1. The molecule has 1 aromatic carbocycles. The molecular formula is C15H22ClN3O2. The first-order valence-electron chi connectivity index (χ1n) is 7.01. The van der Waals surface area contributed by atoms with E-state index in [9.17, 15) is 9.59 Å². The molecule has 0 saturated carbocycles. The molecule has 6 heteroatoms. The molecular weight excluding hydrogens is 290 g/mol. The van der Waals surface area contributed by atoms with E-state index >= 15 is 0 Å². The molecule has 5 nitrogen and oxygen atoms in total. The van der Waals surface area contributed by atoms with Crippen LogP contribution < -0.4 is 10.6 Å². The smallest absolute Gasteiger partial charge is 0.239 e. The molecule has 1 saturated heterocycles. The Hall–Kier alpha value is -1.75. The highest BCUT2D eigenvalue weighted by Gasteiger charge is 2.22. The third-order valence-electron chi connectivity index (χ3n) is 3.30. The number of para-hydroxylation sites is 1. The fraction of sp³-hybridized carbons (Fsp3) is 0.467. The van der Waals surface area contributed by atoms with Gasteiger partial charge in [-0.05, 0) is 25.5 Å². The maximum atomic E-state index is 11.8. The summed E-state index contributed by atoms with van der Waals surface area (Å²) in [6.45, 7) is 3.56. The van der Waals surface area contributed by atoms with Crippen LogP contribution in [0.1, 0.15) is 19.8 Å². The van der Waals surface area contributed by atoms with Crippen LogP contribution in [0.5, 0.6) is 0 Å². The quantitative estimate of drug-likeness (QED) is 0.840. The molecule has 0 aromatic heterocycles. The number of likely N-dealkylation sites (tertiary alicyclic amines) is 1. The zero-order chi connectivity index (χ0) is 14.4. The molecule has 1 heterocycles. The molecule has 1 fully saturated rings. The van der Waals surface area contributed by atoms with E-state index in [1.807, 2.05) is 42.2 Å². The highest BCUT2D eigenvalue weighted by atomic mass is 35.5. The normalized spacial score (nSPS) is 15.3. The monoisotopic (exact) mass is 311 g/mol. The Labute approximate surface area is 131 Å². The van der Waals surface area contributed by atoms with E-state index in [0.717, 1.165) is 18.7 Å². The van der Waals surface area contributed by atoms with Gasteiger partial charge in [-0.2, -0.15) is 0 Å².